The molecule has 0 saturated carbocycles. The van der Waals surface area contributed by atoms with Crippen molar-refractivity contribution in [3.05, 3.63) is 35.0 Å². The molecule has 0 saturated heterocycles. The highest BCUT2D eigenvalue weighted by molar-refractivity contribution is 7.08. The second-order valence-electron chi connectivity index (χ2n) is 3.92. The summed E-state index contributed by atoms with van der Waals surface area (Å²) in [5.41, 5.74) is 3.27. The van der Waals surface area contributed by atoms with Crippen LogP contribution >= 0.6 is 23.7 Å². The van der Waals surface area contributed by atoms with Crippen molar-refractivity contribution < 1.29 is 9.47 Å². The topological polar surface area (TPSA) is 44.2 Å². The number of benzene rings is 1. The second-order valence-corrected chi connectivity index (χ2v) is 4.70. The molecule has 0 aliphatic heterocycles. The van der Waals surface area contributed by atoms with Gasteiger partial charge < -0.3 is 9.47 Å². The monoisotopic (exact) mass is 308 g/mol. The van der Waals surface area contributed by atoms with Gasteiger partial charge in [0.05, 0.1) is 19.7 Å². The summed E-state index contributed by atoms with van der Waals surface area (Å²) in [6, 6.07) is 7.68. The molecule has 0 amide bonds. The van der Waals surface area contributed by atoms with Crippen LogP contribution in [0, 0.1) is 0 Å². The minimum Gasteiger partial charge on any atom is -0.494 e. The summed E-state index contributed by atoms with van der Waals surface area (Å²) in [6.45, 7) is 0. The van der Waals surface area contributed by atoms with Crippen molar-refractivity contribution in [3.8, 4) is 22.9 Å². The predicted molar refractivity (Wildman–Crippen MR) is 83.2 cm³/mol. The summed E-state index contributed by atoms with van der Waals surface area (Å²) in [5, 5.41) is 4.03. The van der Waals surface area contributed by atoms with E-state index in [0.29, 0.717) is 17.1 Å². The summed E-state index contributed by atoms with van der Waals surface area (Å²) < 4.78 is 10.7. The third kappa shape index (κ3) is 2.42. The molecule has 3 aromatic rings. The van der Waals surface area contributed by atoms with Gasteiger partial charge in [-0.2, -0.15) is 11.3 Å². The Morgan fingerprint density at radius 3 is 2.55 bits per heavy atom. The van der Waals surface area contributed by atoms with E-state index in [-0.39, 0.29) is 12.4 Å². The number of hydrogen-bond acceptors (Lipinski definition) is 5. The average Bonchev–Trinajstić information content (AvgIpc) is 2.99. The zero-order chi connectivity index (χ0) is 13.2. The number of para-hydroxylation sites is 1. The SMILES string of the molecule is COc1nc2c(OC)cccc2nc1-c1ccsc1.Cl. The van der Waals surface area contributed by atoms with Gasteiger partial charge in [0.15, 0.2) is 0 Å². The summed E-state index contributed by atoms with van der Waals surface area (Å²) in [6.07, 6.45) is 0. The summed E-state index contributed by atoms with van der Waals surface area (Å²) in [4.78, 5) is 9.15. The van der Waals surface area contributed by atoms with Crippen molar-refractivity contribution in [1.29, 1.82) is 0 Å². The van der Waals surface area contributed by atoms with Crippen LogP contribution in [0.1, 0.15) is 0 Å². The van der Waals surface area contributed by atoms with Crippen molar-refractivity contribution in [2.75, 3.05) is 14.2 Å². The fraction of sp³-hybridized carbons (Fsp3) is 0.143. The van der Waals surface area contributed by atoms with Crippen LogP contribution in [0.2, 0.25) is 0 Å². The molecule has 6 heteroatoms. The molecule has 0 N–H and O–H groups in total. The van der Waals surface area contributed by atoms with E-state index in [1.54, 1.807) is 25.6 Å². The first-order chi connectivity index (χ1) is 9.33. The van der Waals surface area contributed by atoms with E-state index in [1.807, 2.05) is 35.0 Å². The van der Waals surface area contributed by atoms with Gasteiger partial charge in [-0.05, 0) is 23.6 Å². The highest BCUT2D eigenvalue weighted by Crippen LogP contribution is 2.32. The van der Waals surface area contributed by atoms with E-state index >= 15 is 0 Å². The lowest BCUT2D eigenvalue weighted by atomic mass is 10.2. The van der Waals surface area contributed by atoms with Crippen LogP contribution in [0.25, 0.3) is 22.3 Å². The molecule has 0 spiro atoms. The lowest BCUT2D eigenvalue weighted by Gasteiger charge is -2.09. The van der Waals surface area contributed by atoms with E-state index in [4.69, 9.17) is 9.47 Å². The molecule has 2 aromatic heterocycles. The van der Waals surface area contributed by atoms with Gasteiger partial charge in [-0.3, -0.25) is 0 Å². The van der Waals surface area contributed by atoms with Gasteiger partial charge in [-0.25, -0.2) is 9.97 Å². The van der Waals surface area contributed by atoms with Gasteiger partial charge in [-0.15, -0.1) is 12.4 Å². The van der Waals surface area contributed by atoms with Gasteiger partial charge in [-0.1, -0.05) is 6.07 Å². The molecular formula is C14H13ClN2O2S. The summed E-state index contributed by atoms with van der Waals surface area (Å²) >= 11 is 1.62. The van der Waals surface area contributed by atoms with Gasteiger partial charge >= 0.3 is 0 Å². The fourth-order valence-electron chi connectivity index (χ4n) is 1.93. The molecule has 0 unspecified atom stereocenters. The molecule has 0 bridgehead atoms. The van der Waals surface area contributed by atoms with E-state index < -0.39 is 0 Å². The van der Waals surface area contributed by atoms with Crippen molar-refractivity contribution in [2.24, 2.45) is 0 Å². The average molecular weight is 309 g/mol. The smallest absolute Gasteiger partial charge is 0.241 e. The number of fused-ring (bicyclic) bond motifs is 1. The first kappa shape index (κ1) is 14.6. The molecule has 1 aromatic carbocycles. The Morgan fingerprint density at radius 2 is 1.90 bits per heavy atom. The Bertz CT molecular complexity index is 717. The number of halogens is 1. The highest BCUT2D eigenvalue weighted by atomic mass is 35.5. The van der Waals surface area contributed by atoms with E-state index in [0.717, 1.165) is 16.8 Å². The standard InChI is InChI=1S/C14H12N2O2S.ClH/c1-17-11-5-3-4-10-13(11)16-14(18-2)12(15-10)9-6-7-19-8-9;/h3-8H,1-2H3;1H. The molecule has 0 radical (unpaired) electrons. The van der Waals surface area contributed by atoms with E-state index in [2.05, 4.69) is 9.97 Å². The summed E-state index contributed by atoms with van der Waals surface area (Å²) in [5.74, 6) is 1.20. The fourth-order valence-corrected chi connectivity index (χ4v) is 2.57. The van der Waals surface area contributed by atoms with E-state index in [1.165, 1.54) is 0 Å². The normalized spacial score (nSPS) is 10.1. The summed E-state index contributed by atoms with van der Waals surface area (Å²) in [7, 11) is 3.22. The van der Waals surface area contributed by atoms with E-state index in [9.17, 15) is 0 Å². The Morgan fingerprint density at radius 1 is 1.05 bits per heavy atom. The first-order valence-corrected chi connectivity index (χ1v) is 6.69. The van der Waals surface area contributed by atoms with Gasteiger partial charge in [0.1, 0.15) is 17.0 Å². The van der Waals surface area contributed by atoms with Crippen molar-refractivity contribution in [2.45, 2.75) is 0 Å². The molecule has 0 fully saturated rings. The van der Waals surface area contributed by atoms with Crippen molar-refractivity contribution in [1.82, 2.24) is 9.97 Å². The molecule has 3 rings (SSSR count). The molecule has 20 heavy (non-hydrogen) atoms. The van der Waals surface area contributed by atoms with Crippen LogP contribution in [0.15, 0.2) is 35.0 Å². The Hall–Kier alpha value is -1.85. The number of aromatic nitrogens is 2. The van der Waals surface area contributed by atoms with Crippen molar-refractivity contribution >= 4 is 34.8 Å². The Balaban J connectivity index is 0.00000147. The van der Waals surface area contributed by atoms with Crippen LogP contribution in [0.3, 0.4) is 0 Å². The zero-order valence-corrected chi connectivity index (χ0v) is 12.6. The van der Waals surface area contributed by atoms with Crippen LogP contribution in [0.5, 0.6) is 11.6 Å². The molecular weight excluding hydrogens is 296 g/mol. The van der Waals surface area contributed by atoms with Crippen LogP contribution in [0.4, 0.5) is 0 Å². The minimum atomic E-state index is 0. The maximum Gasteiger partial charge on any atom is 0.241 e. The van der Waals surface area contributed by atoms with Crippen molar-refractivity contribution in [3.63, 3.8) is 0 Å². The predicted octanol–water partition coefficient (Wildman–Crippen LogP) is 3.80. The highest BCUT2D eigenvalue weighted by Gasteiger charge is 2.14. The number of nitrogens with zero attached hydrogens (tertiary/aromatic N) is 2. The first-order valence-electron chi connectivity index (χ1n) is 5.75. The largest absolute Gasteiger partial charge is 0.494 e. The number of rotatable bonds is 3. The quantitative estimate of drug-likeness (QED) is 0.738. The molecule has 2 heterocycles. The van der Waals surface area contributed by atoms with Gasteiger partial charge in [0.2, 0.25) is 5.88 Å². The third-order valence-corrected chi connectivity index (χ3v) is 3.52. The number of thiophene rings is 1. The number of methoxy groups -OCH3 is 2. The number of ether oxygens (including phenoxy) is 2. The molecule has 4 nitrogen and oxygen atoms in total. The van der Waals surface area contributed by atoms with Crippen LogP contribution in [-0.4, -0.2) is 24.2 Å². The zero-order valence-electron chi connectivity index (χ0n) is 11.0. The lowest BCUT2D eigenvalue weighted by molar-refractivity contribution is 0.396. The molecule has 0 aliphatic carbocycles. The maximum absolute atomic E-state index is 5.35. The second kappa shape index (κ2) is 6.07. The molecule has 104 valence electrons. The minimum absolute atomic E-state index is 0. The van der Waals surface area contributed by atoms with Gasteiger partial charge in [0, 0.05) is 10.9 Å². The number of hydrogen-bond donors (Lipinski definition) is 0. The Kier molecular flexibility index (Phi) is 4.42. The van der Waals surface area contributed by atoms with Crippen LogP contribution < -0.4 is 9.47 Å². The lowest BCUT2D eigenvalue weighted by Crippen LogP contribution is -1.97. The van der Waals surface area contributed by atoms with Gasteiger partial charge in [0.25, 0.3) is 0 Å². The van der Waals surface area contributed by atoms with Crippen LogP contribution in [-0.2, 0) is 0 Å². The third-order valence-electron chi connectivity index (χ3n) is 2.83. The molecule has 0 aliphatic rings. The Labute approximate surface area is 126 Å². The molecule has 0 atom stereocenters. The maximum atomic E-state index is 5.35.